The first-order chi connectivity index (χ1) is 17.8. The van der Waals surface area contributed by atoms with Crippen LogP contribution in [-0.2, 0) is 4.79 Å². The first-order valence-corrected chi connectivity index (χ1v) is 12.1. The summed E-state index contributed by atoms with van der Waals surface area (Å²) in [6.07, 6.45) is 1.81. The molecule has 192 valence electrons. The number of hydrogen-bond donors (Lipinski definition) is 3. The number of hydrogen-bond acceptors (Lipinski definition) is 6. The Morgan fingerprint density at radius 3 is 2.84 bits per heavy atom. The Kier molecular flexibility index (Phi) is 6.77. The number of nitrogens with zero attached hydrogens (tertiary/aromatic N) is 4. The molecule has 2 atom stereocenters. The van der Waals surface area contributed by atoms with E-state index in [1.54, 1.807) is 30.7 Å². The van der Waals surface area contributed by atoms with E-state index < -0.39 is 12.1 Å². The molecule has 11 heteroatoms. The number of aromatic nitrogens is 5. The van der Waals surface area contributed by atoms with Gasteiger partial charge in [-0.15, -0.1) is 0 Å². The van der Waals surface area contributed by atoms with E-state index in [-0.39, 0.29) is 31.1 Å². The lowest BCUT2D eigenvalue weighted by Crippen LogP contribution is -2.30. The second-order valence-electron chi connectivity index (χ2n) is 9.40. The molecule has 3 N–H and O–H groups in total. The number of halogens is 3. The molecule has 0 unspecified atom stereocenters. The molecule has 0 bridgehead atoms. The lowest BCUT2D eigenvalue weighted by molar-refractivity contribution is -0.186. The summed E-state index contributed by atoms with van der Waals surface area (Å²) in [4.78, 5) is 33.1. The number of amides is 1. The minimum Gasteiger partial charge on any atom is -0.339 e. The third kappa shape index (κ3) is 5.55. The van der Waals surface area contributed by atoms with Crippen LogP contribution in [0.1, 0.15) is 37.7 Å². The molecule has 0 aliphatic heterocycles. The van der Waals surface area contributed by atoms with Gasteiger partial charge >= 0.3 is 6.18 Å². The molecule has 1 aromatic carbocycles. The maximum atomic E-state index is 13.1. The van der Waals surface area contributed by atoms with E-state index in [0.29, 0.717) is 41.2 Å². The lowest BCUT2D eigenvalue weighted by Gasteiger charge is -2.30. The van der Waals surface area contributed by atoms with Gasteiger partial charge in [-0.2, -0.15) is 13.2 Å². The number of carbonyl (C=O) groups is 1. The zero-order chi connectivity index (χ0) is 26.0. The van der Waals surface area contributed by atoms with Crippen LogP contribution < -0.4 is 10.6 Å². The number of imidazole rings is 1. The fourth-order valence-corrected chi connectivity index (χ4v) is 4.87. The first kappa shape index (κ1) is 24.7. The highest BCUT2D eigenvalue weighted by atomic mass is 19.4. The molecule has 0 saturated heterocycles. The minimum absolute atomic E-state index is 0.00634. The summed E-state index contributed by atoms with van der Waals surface area (Å²) < 4.78 is 39.4. The number of alkyl halides is 3. The maximum absolute atomic E-state index is 13.1. The minimum atomic E-state index is -4.20. The molecule has 37 heavy (non-hydrogen) atoms. The van der Waals surface area contributed by atoms with Gasteiger partial charge in [0.15, 0.2) is 5.65 Å². The number of carbonyl (C=O) groups excluding carboxylic acids is 1. The Morgan fingerprint density at radius 1 is 1.14 bits per heavy atom. The molecule has 1 saturated carbocycles. The molecular formula is C26H26F3N7O. The van der Waals surface area contributed by atoms with E-state index in [9.17, 15) is 18.0 Å². The van der Waals surface area contributed by atoms with Crippen molar-refractivity contribution in [2.45, 2.75) is 45.2 Å². The number of fused-ring (bicyclic) bond motifs is 1. The standard InChI is InChI=1S/C26H26F3N7O/c1-15-7-8-18(35-21(37)11-16-4-2-5-17(10-16)26(27,28)29)12-20(15)36-24-19(6-3-9-30-24)22-23-25(33-13-31-22)34-14-32-23/h3,6-9,12-14,16-17H,2,4-5,10-11H2,1H3,(H,30,36)(H,35,37)(H,31,32,33,34)/t16-,17+/m1/s1. The van der Waals surface area contributed by atoms with Crippen LogP contribution in [0.2, 0.25) is 0 Å². The SMILES string of the molecule is Cc1ccc(NC(=O)C[C@@H]2CCC[C@H](C(F)(F)F)C2)cc1Nc1ncccc1-c1ncnc2[nH]cnc12. The van der Waals surface area contributed by atoms with Crippen LogP contribution in [0.5, 0.6) is 0 Å². The van der Waals surface area contributed by atoms with Gasteiger partial charge in [-0.05, 0) is 61.9 Å². The molecule has 1 aliphatic rings. The number of H-pyrrole nitrogens is 1. The zero-order valence-electron chi connectivity index (χ0n) is 20.1. The van der Waals surface area contributed by atoms with Crippen LogP contribution in [0.3, 0.4) is 0 Å². The molecule has 1 fully saturated rings. The average molecular weight is 510 g/mol. The van der Waals surface area contributed by atoms with Gasteiger partial charge < -0.3 is 15.6 Å². The molecule has 1 amide bonds. The smallest absolute Gasteiger partial charge is 0.339 e. The highest BCUT2D eigenvalue weighted by Crippen LogP contribution is 2.41. The molecular weight excluding hydrogens is 483 g/mol. The summed E-state index contributed by atoms with van der Waals surface area (Å²) >= 11 is 0. The van der Waals surface area contributed by atoms with Gasteiger partial charge in [0.05, 0.1) is 12.2 Å². The Balaban J connectivity index is 1.32. The van der Waals surface area contributed by atoms with Gasteiger partial charge in [-0.1, -0.05) is 12.5 Å². The summed E-state index contributed by atoms with van der Waals surface area (Å²) in [5.41, 5.74) is 4.77. The van der Waals surface area contributed by atoms with Crippen LogP contribution in [0, 0.1) is 18.8 Å². The summed E-state index contributed by atoms with van der Waals surface area (Å²) in [7, 11) is 0. The summed E-state index contributed by atoms with van der Waals surface area (Å²) in [6, 6.07) is 9.10. The third-order valence-electron chi connectivity index (χ3n) is 6.77. The van der Waals surface area contributed by atoms with Gasteiger partial charge in [0.1, 0.15) is 23.4 Å². The zero-order valence-corrected chi connectivity index (χ0v) is 20.1. The Hall–Kier alpha value is -4.02. The molecule has 1 aliphatic carbocycles. The Labute approximate surface area is 211 Å². The number of pyridine rings is 1. The van der Waals surface area contributed by atoms with Gasteiger partial charge in [-0.25, -0.2) is 19.9 Å². The first-order valence-electron chi connectivity index (χ1n) is 12.1. The van der Waals surface area contributed by atoms with E-state index in [1.165, 1.54) is 6.33 Å². The number of rotatable bonds is 6. The van der Waals surface area contributed by atoms with Crippen molar-refractivity contribution in [3.8, 4) is 11.3 Å². The summed E-state index contributed by atoms with van der Waals surface area (Å²) in [5, 5.41) is 6.18. The quantitative estimate of drug-likeness (QED) is 0.287. The maximum Gasteiger partial charge on any atom is 0.391 e. The molecule has 5 rings (SSSR count). The van der Waals surface area contributed by atoms with Crippen LogP contribution in [0.4, 0.5) is 30.4 Å². The third-order valence-corrected chi connectivity index (χ3v) is 6.77. The summed E-state index contributed by atoms with van der Waals surface area (Å²) in [5.74, 6) is -1.33. The second-order valence-corrected chi connectivity index (χ2v) is 9.40. The van der Waals surface area contributed by atoms with Gasteiger partial charge in [0.25, 0.3) is 0 Å². The molecule has 8 nitrogen and oxygen atoms in total. The number of aromatic amines is 1. The summed E-state index contributed by atoms with van der Waals surface area (Å²) in [6.45, 7) is 1.92. The average Bonchev–Trinajstić information content (AvgIpc) is 3.35. The normalized spacial score (nSPS) is 18.1. The fourth-order valence-electron chi connectivity index (χ4n) is 4.87. The van der Waals surface area contributed by atoms with Crippen LogP contribution in [0.15, 0.2) is 49.2 Å². The Morgan fingerprint density at radius 2 is 2.00 bits per heavy atom. The van der Waals surface area contributed by atoms with Crippen molar-refractivity contribution in [1.29, 1.82) is 0 Å². The predicted molar refractivity (Wildman–Crippen MR) is 134 cm³/mol. The number of nitrogens with one attached hydrogen (secondary N) is 3. The predicted octanol–water partition coefficient (Wildman–Crippen LogP) is 6.16. The second kappa shape index (κ2) is 10.2. The molecule has 4 aromatic rings. The molecule has 3 aromatic heterocycles. The van der Waals surface area contributed by atoms with Crippen LogP contribution in [0.25, 0.3) is 22.4 Å². The largest absolute Gasteiger partial charge is 0.391 e. The lowest BCUT2D eigenvalue weighted by atomic mass is 9.79. The number of anilines is 3. The highest BCUT2D eigenvalue weighted by molar-refractivity contribution is 5.93. The fraction of sp³-hybridized carbons (Fsp3) is 0.346. The van der Waals surface area contributed by atoms with Crippen molar-refractivity contribution in [2.24, 2.45) is 11.8 Å². The molecule has 0 spiro atoms. The van der Waals surface area contributed by atoms with E-state index in [0.717, 1.165) is 16.8 Å². The number of benzene rings is 1. The van der Waals surface area contributed by atoms with Crippen molar-refractivity contribution >= 4 is 34.3 Å². The molecule has 3 heterocycles. The van der Waals surface area contributed by atoms with Crippen molar-refractivity contribution < 1.29 is 18.0 Å². The topological polar surface area (TPSA) is 108 Å². The monoisotopic (exact) mass is 509 g/mol. The Bertz CT molecular complexity index is 1420. The van der Waals surface area contributed by atoms with Crippen molar-refractivity contribution in [3.05, 3.63) is 54.7 Å². The van der Waals surface area contributed by atoms with E-state index in [2.05, 4.69) is 35.6 Å². The van der Waals surface area contributed by atoms with E-state index in [1.807, 2.05) is 19.1 Å². The highest BCUT2D eigenvalue weighted by Gasteiger charge is 2.42. The molecule has 0 radical (unpaired) electrons. The van der Waals surface area contributed by atoms with Crippen molar-refractivity contribution in [3.63, 3.8) is 0 Å². The van der Waals surface area contributed by atoms with Crippen molar-refractivity contribution in [2.75, 3.05) is 10.6 Å². The number of aryl methyl sites for hydroxylation is 1. The van der Waals surface area contributed by atoms with Crippen LogP contribution in [-0.4, -0.2) is 37.0 Å². The van der Waals surface area contributed by atoms with E-state index >= 15 is 0 Å². The van der Waals surface area contributed by atoms with Gasteiger partial charge in [0, 0.05) is 29.6 Å². The van der Waals surface area contributed by atoms with E-state index in [4.69, 9.17) is 0 Å². The van der Waals surface area contributed by atoms with Crippen molar-refractivity contribution in [1.82, 2.24) is 24.9 Å². The van der Waals surface area contributed by atoms with Crippen LogP contribution >= 0.6 is 0 Å². The van der Waals surface area contributed by atoms with Gasteiger partial charge in [0.2, 0.25) is 5.91 Å². The van der Waals surface area contributed by atoms with Gasteiger partial charge in [-0.3, -0.25) is 4.79 Å².